The van der Waals surface area contributed by atoms with Crippen LogP contribution in [0.25, 0.3) is 15.9 Å². The van der Waals surface area contributed by atoms with Crippen molar-refractivity contribution in [2.24, 2.45) is 0 Å². The summed E-state index contributed by atoms with van der Waals surface area (Å²) < 4.78 is 3.71. The van der Waals surface area contributed by atoms with Crippen molar-refractivity contribution < 1.29 is 0 Å². The molecule has 4 rings (SSSR count). The van der Waals surface area contributed by atoms with Gasteiger partial charge in [-0.05, 0) is 34.7 Å². The van der Waals surface area contributed by atoms with Crippen LogP contribution in [0.2, 0.25) is 0 Å². The van der Waals surface area contributed by atoms with E-state index in [1.165, 1.54) is 9.36 Å². The van der Waals surface area contributed by atoms with Crippen LogP contribution in [0.4, 0.5) is 0 Å². The highest BCUT2D eigenvalue weighted by molar-refractivity contribution is 7.18. The SMILES string of the molecule is O=c1n(Cc2nc3ccccc3s2)nnn1-c1ccccc1. The number of tetrazole rings is 1. The minimum atomic E-state index is -0.273. The molecule has 0 unspecified atom stereocenters. The first-order valence-corrected chi connectivity index (χ1v) is 7.55. The highest BCUT2D eigenvalue weighted by Gasteiger charge is 2.11. The molecule has 108 valence electrons. The van der Waals surface area contributed by atoms with Crippen LogP contribution in [-0.4, -0.2) is 24.8 Å². The van der Waals surface area contributed by atoms with Crippen molar-refractivity contribution in [3.63, 3.8) is 0 Å². The van der Waals surface area contributed by atoms with Gasteiger partial charge in [0, 0.05) is 0 Å². The topological polar surface area (TPSA) is 65.6 Å². The fourth-order valence-corrected chi connectivity index (χ4v) is 3.17. The first-order chi connectivity index (χ1) is 10.8. The molecular formula is C15H11N5OS. The van der Waals surface area contributed by atoms with Crippen molar-refractivity contribution in [1.29, 1.82) is 0 Å². The minimum absolute atomic E-state index is 0.273. The average molecular weight is 309 g/mol. The third-order valence-corrected chi connectivity index (χ3v) is 4.28. The van der Waals surface area contributed by atoms with Gasteiger partial charge in [-0.15, -0.1) is 11.3 Å². The monoisotopic (exact) mass is 309 g/mol. The minimum Gasteiger partial charge on any atom is -0.244 e. The third-order valence-electron chi connectivity index (χ3n) is 3.26. The molecule has 6 nitrogen and oxygen atoms in total. The van der Waals surface area contributed by atoms with Gasteiger partial charge in [-0.25, -0.2) is 9.78 Å². The Morgan fingerprint density at radius 2 is 1.73 bits per heavy atom. The molecule has 0 atom stereocenters. The van der Waals surface area contributed by atoms with Crippen LogP contribution in [-0.2, 0) is 6.54 Å². The standard InChI is InChI=1S/C15H11N5OS/c21-15-19(17-18-20(15)11-6-2-1-3-7-11)10-14-16-12-8-4-5-9-13(12)22-14/h1-9H,10H2. The number of thiazole rings is 1. The third kappa shape index (κ3) is 2.21. The molecule has 0 radical (unpaired) electrons. The molecule has 0 fully saturated rings. The quantitative estimate of drug-likeness (QED) is 0.581. The molecule has 7 heteroatoms. The van der Waals surface area contributed by atoms with Crippen LogP contribution in [0.3, 0.4) is 0 Å². The zero-order valence-electron chi connectivity index (χ0n) is 11.5. The Morgan fingerprint density at radius 1 is 0.955 bits per heavy atom. The Balaban J connectivity index is 1.69. The number of aromatic nitrogens is 5. The predicted octanol–water partition coefficient (Wildman–Crippen LogP) is 2.09. The Labute approximate surface area is 129 Å². The summed E-state index contributed by atoms with van der Waals surface area (Å²) in [6, 6.07) is 17.1. The van der Waals surface area contributed by atoms with Gasteiger partial charge in [0.2, 0.25) is 0 Å². The van der Waals surface area contributed by atoms with Gasteiger partial charge in [-0.3, -0.25) is 0 Å². The lowest BCUT2D eigenvalue weighted by Crippen LogP contribution is -2.24. The normalized spacial score (nSPS) is 11.1. The number of hydrogen-bond donors (Lipinski definition) is 0. The number of nitrogens with zero attached hydrogens (tertiary/aromatic N) is 5. The lowest BCUT2D eigenvalue weighted by atomic mass is 10.3. The fourth-order valence-electron chi connectivity index (χ4n) is 2.22. The number of fused-ring (bicyclic) bond motifs is 1. The van der Waals surface area contributed by atoms with E-state index in [1.54, 1.807) is 11.3 Å². The molecule has 22 heavy (non-hydrogen) atoms. The van der Waals surface area contributed by atoms with Crippen LogP contribution >= 0.6 is 11.3 Å². The van der Waals surface area contributed by atoms with Gasteiger partial charge < -0.3 is 0 Å². The Bertz CT molecular complexity index is 953. The fraction of sp³-hybridized carbons (Fsp3) is 0.0667. The van der Waals surface area contributed by atoms with Crippen LogP contribution in [0.15, 0.2) is 59.4 Å². The maximum absolute atomic E-state index is 12.4. The number of benzene rings is 2. The molecule has 0 aliphatic rings. The summed E-state index contributed by atoms with van der Waals surface area (Å²) in [5.74, 6) is 0. The molecule has 0 amide bonds. The molecule has 2 aromatic carbocycles. The van der Waals surface area contributed by atoms with E-state index in [2.05, 4.69) is 15.4 Å². The van der Waals surface area contributed by atoms with Gasteiger partial charge in [-0.2, -0.15) is 9.36 Å². The summed E-state index contributed by atoms with van der Waals surface area (Å²) in [5.41, 5.74) is 1.36. The Kier molecular flexibility index (Phi) is 3.05. The van der Waals surface area contributed by atoms with Gasteiger partial charge in [0.1, 0.15) is 11.6 Å². The summed E-state index contributed by atoms with van der Waals surface area (Å²) in [7, 11) is 0. The summed E-state index contributed by atoms with van der Waals surface area (Å²) in [6.07, 6.45) is 0. The van der Waals surface area contributed by atoms with Crippen LogP contribution in [0, 0.1) is 0 Å². The summed E-state index contributed by atoms with van der Waals surface area (Å²) >= 11 is 1.56. The smallest absolute Gasteiger partial charge is 0.244 e. The summed E-state index contributed by atoms with van der Waals surface area (Å²) in [5, 5.41) is 8.71. The Hall–Kier alpha value is -2.80. The van der Waals surface area contributed by atoms with Crippen LogP contribution < -0.4 is 5.69 Å². The van der Waals surface area contributed by atoms with Gasteiger partial charge in [0.05, 0.1) is 15.9 Å². The van der Waals surface area contributed by atoms with Crippen LogP contribution in [0.5, 0.6) is 0 Å². The molecule has 0 saturated heterocycles. The second-order valence-electron chi connectivity index (χ2n) is 4.74. The van der Waals surface area contributed by atoms with Gasteiger partial charge >= 0.3 is 5.69 Å². The lowest BCUT2D eigenvalue weighted by molar-refractivity contribution is 0.630. The van der Waals surface area contributed by atoms with Crippen molar-refractivity contribution in [1.82, 2.24) is 24.8 Å². The van der Waals surface area contributed by atoms with E-state index in [9.17, 15) is 4.79 Å². The molecular weight excluding hydrogens is 298 g/mol. The first-order valence-electron chi connectivity index (χ1n) is 6.74. The molecule has 0 saturated carbocycles. The molecule has 2 aromatic heterocycles. The van der Waals surface area contributed by atoms with Crippen molar-refractivity contribution in [3.8, 4) is 5.69 Å². The molecule has 0 spiro atoms. The summed E-state index contributed by atoms with van der Waals surface area (Å²) in [6.45, 7) is 0.324. The zero-order valence-corrected chi connectivity index (χ0v) is 12.3. The second-order valence-corrected chi connectivity index (χ2v) is 5.86. The molecule has 0 aliphatic carbocycles. The van der Waals surface area contributed by atoms with Crippen molar-refractivity contribution in [3.05, 3.63) is 70.1 Å². The zero-order chi connectivity index (χ0) is 14.9. The lowest BCUT2D eigenvalue weighted by Gasteiger charge is -1.96. The predicted molar refractivity (Wildman–Crippen MR) is 84.3 cm³/mol. The molecule has 2 heterocycles. The number of rotatable bonds is 3. The van der Waals surface area contributed by atoms with E-state index < -0.39 is 0 Å². The molecule has 0 aliphatic heterocycles. The van der Waals surface area contributed by atoms with E-state index >= 15 is 0 Å². The van der Waals surface area contributed by atoms with Gasteiger partial charge in [0.25, 0.3) is 0 Å². The number of para-hydroxylation sites is 2. The molecule has 0 bridgehead atoms. The maximum atomic E-state index is 12.4. The van der Waals surface area contributed by atoms with E-state index in [0.717, 1.165) is 15.2 Å². The van der Waals surface area contributed by atoms with Crippen molar-refractivity contribution >= 4 is 21.6 Å². The second kappa shape index (κ2) is 5.19. The highest BCUT2D eigenvalue weighted by Crippen LogP contribution is 2.21. The average Bonchev–Trinajstić information content (AvgIpc) is 3.12. The Morgan fingerprint density at radius 3 is 2.55 bits per heavy atom. The van der Waals surface area contributed by atoms with E-state index in [1.807, 2.05) is 54.6 Å². The molecule has 4 aromatic rings. The van der Waals surface area contributed by atoms with E-state index in [4.69, 9.17) is 0 Å². The van der Waals surface area contributed by atoms with Gasteiger partial charge in [0.15, 0.2) is 0 Å². The summed E-state index contributed by atoms with van der Waals surface area (Å²) in [4.78, 5) is 16.9. The van der Waals surface area contributed by atoms with Crippen molar-refractivity contribution in [2.45, 2.75) is 6.54 Å². The number of hydrogen-bond acceptors (Lipinski definition) is 5. The van der Waals surface area contributed by atoms with E-state index in [-0.39, 0.29) is 5.69 Å². The van der Waals surface area contributed by atoms with Crippen molar-refractivity contribution in [2.75, 3.05) is 0 Å². The maximum Gasteiger partial charge on any atom is 0.368 e. The highest BCUT2D eigenvalue weighted by atomic mass is 32.1. The van der Waals surface area contributed by atoms with E-state index in [0.29, 0.717) is 12.2 Å². The molecule has 0 N–H and O–H groups in total. The van der Waals surface area contributed by atoms with Crippen LogP contribution in [0.1, 0.15) is 5.01 Å². The first kappa shape index (κ1) is 12.9. The van der Waals surface area contributed by atoms with Gasteiger partial charge in [-0.1, -0.05) is 30.3 Å². The largest absolute Gasteiger partial charge is 0.368 e.